The van der Waals surface area contributed by atoms with Gasteiger partial charge in [0, 0.05) is 44.6 Å². The SMILES string of the molecule is CC1(C)c2cc(-c3ccc(N(c4ccccc4)c4cccc5c4oc4ccccc45)cc3)ccc2-c2c(-c3ccccc3)c3ccc(N(c4ccccc4)c4ccccc4)cc3c3cccc1c23. The van der Waals surface area contributed by atoms with Crippen molar-refractivity contribution in [1.29, 1.82) is 0 Å². The van der Waals surface area contributed by atoms with Crippen LogP contribution in [0.5, 0.6) is 0 Å². The van der Waals surface area contributed by atoms with Gasteiger partial charge in [-0.25, -0.2) is 0 Å². The minimum absolute atomic E-state index is 0.285. The maximum absolute atomic E-state index is 6.58. The molecular formula is C65H46N2O. The largest absolute Gasteiger partial charge is 0.454 e. The van der Waals surface area contributed by atoms with E-state index in [-0.39, 0.29) is 5.41 Å². The van der Waals surface area contributed by atoms with Crippen molar-refractivity contribution >= 4 is 77.6 Å². The van der Waals surface area contributed by atoms with E-state index in [1.165, 1.54) is 66.1 Å². The molecule has 322 valence electrons. The molecule has 1 aliphatic rings. The quantitative estimate of drug-likeness (QED) is 0.142. The Labute approximate surface area is 396 Å². The van der Waals surface area contributed by atoms with E-state index in [1.54, 1.807) is 0 Å². The highest BCUT2D eigenvalue weighted by Crippen LogP contribution is 2.56. The normalized spacial score (nSPS) is 12.7. The first kappa shape index (κ1) is 39.7. The Morgan fingerprint density at radius 1 is 0.338 bits per heavy atom. The smallest absolute Gasteiger partial charge is 0.159 e. The Balaban J connectivity index is 0.968. The summed E-state index contributed by atoms with van der Waals surface area (Å²) in [7, 11) is 0. The zero-order chi connectivity index (χ0) is 45.3. The zero-order valence-electron chi connectivity index (χ0n) is 37.9. The lowest BCUT2D eigenvalue weighted by Gasteiger charge is -2.37. The topological polar surface area (TPSA) is 19.6 Å². The third-order valence-electron chi connectivity index (χ3n) is 14.2. The van der Waals surface area contributed by atoms with Gasteiger partial charge in [-0.2, -0.15) is 0 Å². The first-order valence-electron chi connectivity index (χ1n) is 23.5. The van der Waals surface area contributed by atoms with E-state index >= 15 is 0 Å². The van der Waals surface area contributed by atoms with Gasteiger partial charge in [-0.3, -0.25) is 0 Å². The molecule has 0 spiro atoms. The maximum atomic E-state index is 6.58. The standard InChI is InChI=1S/C65H46N2O/c1-65(2)57-30-17-28-52-56-42-50(66(46-21-9-4-10-22-46)47-23-11-5-12-24-47)38-40-53(56)61(44-19-7-3-8-20-44)63(62(52)57)55-39-35-45(41-58(55)65)43-33-36-49(37-34-43)67(48-25-13-6-14-26-48)59-31-18-29-54-51-27-15-16-32-60(51)68-64(54)59/h3-42H,1-2H3. The summed E-state index contributed by atoms with van der Waals surface area (Å²) in [5.41, 5.74) is 18.1. The number of nitrogens with zero attached hydrogens (tertiary/aromatic N) is 2. The number of hydrogen-bond acceptors (Lipinski definition) is 3. The van der Waals surface area contributed by atoms with Gasteiger partial charge < -0.3 is 14.2 Å². The van der Waals surface area contributed by atoms with Gasteiger partial charge in [-0.1, -0.05) is 178 Å². The van der Waals surface area contributed by atoms with Crippen LogP contribution >= 0.6 is 0 Å². The van der Waals surface area contributed by atoms with E-state index in [0.29, 0.717) is 0 Å². The molecule has 0 fully saturated rings. The second-order valence-electron chi connectivity index (χ2n) is 18.4. The molecule has 0 saturated heterocycles. The first-order chi connectivity index (χ1) is 33.5. The number of anilines is 6. The fourth-order valence-corrected chi connectivity index (χ4v) is 11.0. The van der Waals surface area contributed by atoms with Crippen LogP contribution < -0.4 is 9.80 Å². The molecule has 1 heterocycles. The van der Waals surface area contributed by atoms with Gasteiger partial charge >= 0.3 is 0 Å². The number of para-hydroxylation sites is 5. The highest BCUT2D eigenvalue weighted by Gasteiger charge is 2.36. The van der Waals surface area contributed by atoms with Gasteiger partial charge in [-0.15, -0.1) is 0 Å². The molecule has 0 bridgehead atoms. The molecule has 3 heteroatoms. The van der Waals surface area contributed by atoms with Crippen molar-refractivity contribution in [1.82, 2.24) is 0 Å². The molecule has 0 radical (unpaired) electrons. The predicted octanol–water partition coefficient (Wildman–Crippen LogP) is 18.5. The summed E-state index contributed by atoms with van der Waals surface area (Å²) in [5.74, 6) is 0. The predicted molar refractivity (Wildman–Crippen MR) is 287 cm³/mol. The molecule has 0 N–H and O–H groups in total. The summed E-state index contributed by atoms with van der Waals surface area (Å²) in [6, 6.07) is 87.9. The van der Waals surface area contributed by atoms with E-state index in [4.69, 9.17) is 4.42 Å². The minimum atomic E-state index is -0.285. The number of fused-ring (bicyclic) bond motifs is 7. The lowest BCUT2D eigenvalue weighted by Crippen LogP contribution is -2.24. The second kappa shape index (κ2) is 15.8. The zero-order valence-corrected chi connectivity index (χ0v) is 37.9. The molecule has 68 heavy (non-hydrogen) atoms. The van der Waals surface area contributed by atoms with Gasteiger partial charge in [0.1, 0.15) is 5.58 Å². The fourth-order valence-electron chi connectivity index (χ4n) is 11.0. The van der Waals surface area contributed by atoms with Crippen LogP contribution in [0.3, 0.4) is 0 Å². The first-order valence-corrected chi connectivity index (χ1v) is 23.5. The van der Waals surface area contributed by atoms with Crippen LogP contribution in [0.25, 0.3) is 76.9 Å². The van der Waals surface area contributed by atoms with Crippen molar-refractivity contribution in [2.45, 2.75) is 19.3 Å². The number of hydrogen-bond donors (Lipinski definition) is 0. The molecule has 13 rings (SSSR count). The molecule has 1 aromatic heterocycles. The summed E-state index contributed by atoms with van der Waals surface area (Å²) < 4.78 is 6.58. The van der Waals surface area contributed by atoms with Crippen LogP contribution in [-0.2, 0) is 5.41 Å². The highest BCUT2D eigenvalue weighted by atomic mass is 16.3. The molecule has 0 aliphatic heterocycles. The summed E-state index contributed by atoms with van der Waals surface area (Å²) >= 11 is 0. The maximum Gasteiger partial charge on any atom is 0.159 e. The molecule has 1 aliphatic carbocycles. The molecule has 0 saturated carbocycles. The third-order valence-corrected chi connectivity index (χ3v) is 14.2. The minimum Gasteiger partial charge on any atom is -0.454 e. The lowest BCUT2D eigenvalue weighted by molar-refractivity contribution is 0.645. The highest BCUT2D eigenvalue weighted by molar-refractivity contribution is 6.24. The third kappa shape index (κ3) is 6.27. The van der Waals surface area contributed by atoms with Gasteiger partial charge in [0.25, 0.3) is 0 Å². The molecule has 0 unspecified atom stereocenters. The van der Waals surface area contributed by atoms with Gasteiger partial charge in [0.15, 0.2) is 5.58 Å². The second-order valence-corrected chi connectivity index (χ2v) is 18.4. The van der Waals surface area contributed by atoms with E-state index in [9.17, 15) is 0 Å². The summed E-state index contributed by atoms with van der Waals surface area (Å²) in [4.78, 5) is 4.67. The van der Waals surface area contributed by atoms with Crippen molar-refractivity contribution in [3.63, 3.8) is 0 Å². The van der Waals surface area contributed by atoms with Gasteiger partial charge in [0.2, 0.25) is 0 Å². The van der Waals surface area contributed by atoms with Crippen molar-refractivity contribution in [2.75, 3.05) is 9.80 Å². The van der Waals surface area contributed by atoms with Crippen molar-refractivity contribution < 1.29 is 4.42 Å². The van der Waals surface area contributed by atoms with Crippen LogP contribution in [0.4, 0.5) is 34.1 Å². The van der Waals surface area contributed by atoms with E-state index in [0.717, 1.165) is 56.1 Å². The monoisotopic (exact) mass is 870 g/mol. The van der Waals surface area contributed by atoms with Crippen molar-refractivity contribution in [3.8, 4) is 33.4 Å². The van der Waals surface area contributed by atoms with Gasteiger partial charge in [-0.05, 0) is 145 Å². The average Bonchev–Trinajstić information content (AvgIpc) is 3.79. The molecule has 12 aromatic rings. The summed E-state index contributed by atoms with van der Waals surface area (Å²) in [5, 5.41) is 7.32. The molecular weight excluding hydrogens is 825 g/mol. The Bertz CT molecular complexity index is 3820. The van der Waals surface area contributed by atoms with E-state index < -0.39 is 0 Å². The van der Waals surface area contributed by atoms with Crippen LogP contribution in [0.1, 0.15) is 25.0 Å². The number of furan rings is 1. The van der Waals surface area contributed by atoms with Crippen molar-refractivity contribution in [2.24, 2.45) is 0 Å². The summed E-state index contributed by atoms with van der Waals surface area (Å²) in [6.07, 6.45) is 0. The van der Waals surface area contributed by atoms with Crippen LogP contribution in [0.2, 0.25) is 0 Å². The van der Waals surface area contributed by atoms with Crippen LogP contribution in [0.15, 0.2) is 247 Å². The number of benzene rings is 11. The molecule has 0 amide bonds. The fraction of sp³-hybridized carbons (Fsp3) is 0.0462. The molecule has 0 atom stereocenters. The summed E-state index contributed by atoms with van der Waals surface area (Å²) in [6.45, 7) is 4.81. The number of rotatable bonds is 8. The molecule has 3 nitrogen and oxygen atoms in total. The van der Waals surface area contributed by atoms with E-state index in [1.807, 2.05) is 12.1 Å². The lowest BCUT2D eigenvalue weighted by atomic mass is 9.66. The Morgan fingerprint density at radius 2 is 0.897 bits per heavy atom. The Morgan fingerprint density at radius 3 is 1.60 bits per heavy atom. The molecule has 11 aromatic carbocycles. The van der Waals surface area contributed by atoms with Crippen LogP contribution in [-0.4, -0.2) is 0 Å². The van der Waals surface area contributed by atoms with Gasteiger partial charge in [0.05, 0.1) is 5.69 Å². The van der Waals surface area contributed by atoms with E-state index in [2.05, 4.69) is 254 Å². The Kier molecular flexibility index (Phi) is 9.19. The average molecular weight is 871 g/mol. The van der Waals surface area contributed by atoms with Crippen LogP contribution in [0, 0.1) is 0 Å². The van der Waals surface area contributed by atoms with Crippen molar-refractivity contribution in [3.05, 3.63) is 254 Å². The Hall–Kier alpha value is -8.66.